The number of aryl methyl sites for hydroxylation is 1. The van der Waals surface area contributed by atoms with Gasteiger partial charge in [0.2, 0.25) is 5.91 Å². The van der Waals surface area contributed by atoms with E-state index in [4.69, 9.17) is 0 Å². The lowest BCUT2D eigenvalue weighted by atomic mass is 10.1. The van der Waals surface area contributed by atoms with Gasteiger partial charge in [-0.1, -0.05) is 48.5 Å². The van der Waals surface area contributed by atoms with Crippen LogP contribution in [-0.4, -0.2) is 25.9 Å². The number of hydrogen-bond acceptors (Lipinski definition) is 5. The van der Waals surface area contributed by atoms with Gasteiger partial charge in [0.15, 0.2) is 0 Å². The molecule has 4 aromatic rings. The van der Waals surface area contributed by atoms with E-state index >= 15 is 0 Å². The van der Waals surface area contributed by atoms with Crippen LogP contribution in [0.1, 0.15) is 11.1 Å². The quantitative estimate of drug-likeness (QED) is 0.305. The average Bonchev–Trinajstić information content (AvgIpc) is 2.89. The topological polar surface area (TPSA) is 79.4 Å². The monoisotopic (exact) mass is 503 g/mol. The first-order valence-electron chi connectivity index (χ1n) is 11.0. The summed E-state index contributed by atoms with van der Waals surface area (Å²) in [7, 11) is -3.96. The number of amides is 1. The Morgan fingerprint density at radius 1 is 0.943 bits per heavy atom. The Morgan fingerprint density at radius 2 is 1.66 bits per heavy atom. The van der Waals surface area contributed by atoms with Gasteiger partial charge in [-0.3, -0.25) is 14.1 Å². The molecule has 0 unspecified atom stereocenters. The summed E-state index contributed by atoms with van der Waals surface area (Å²) in [5.74, 6) is 0.367. The summed E-state index contributed by atoms with van der Waals surface area (Å²) < 4.78 is 27.7. The van der Waals surface area contributed by atoms with Crippen LogP contribution in [0.3, 0.4) is 0 Å². The number of hydrogen-bond donors (Lipinski definition) is 1. The van der Waals surface area contributed by atoms with Crippen LogP contribution in [0, 0.1) is 6.92 Å². The van der Waals surface area contributed by atoms with E-state index in [1.807, 2.05) is 43.3 Å². The number of carbonyl (C=O) groups excluding carboxylic acids is 1. The van der Waals surface area contributed by atoms with Gasteiger partial charge in [-0.25, -0.2) is 8.42 Å². The van der Waals surface area contributed by atoms with Crippen molar-refractivity contribution in [3.05, 3.63) is 115 Å². The molecule has 0 aliphatic heterocycles. The van der Waals surface area contributed by atoms with Gasteiger partial charge in [-0.15, -0.1) is 11.8 Å². The third-order valence-electron chi connectivity index (χ3n) is 5.27. The third kappa shape index (κ3) is 6.29. The highest BCUT2D eigenvalue weighted by atomic mass is 32.2. The van der Waals surface area contributed by atoms with Crippen molar-refractivity contribution >= 4 is 39.1 Å². The molecule has 0 radical (unpaired) electrons. The molecule has 0 spiro atoms. The first kappa shape index (κ1) is 24.5. The average molecular weight is 504 g/mol. The minimum absolute atomic E-state index is 0.105. The van der Waals surface area contributed by atoms with Crippen molar-refractivity contribution in [3.63, 3.8) is 0 Å². The number of nitrogens with one attached hydrogen (secondary N) is 1. The van der Waals surface area contributed by atoms with Gasteiger partial charge in [0.1, 0.15) is 6.54 Å². The van der Waals surface area contributed by atoms with Crippen molar-refractivity contribution in [2.75, 3.05) is 16.2 Å². The van der Waals surface area contributed by atoms with Crippen LogP contribution in [0.4, 0.5) is 11.4 Å². The van der Waals surface area contributed by atoms with Crippen LogP contribution in [0.25, 0.3) is 0 Å². The maximum absolute atomic E-state index is 13.3. The van der Waals surface area contributed by atoms with E-state index in [1.165, 1.54) is 23.2 Å². The summed E-state index contributed by atoms with van der Waals surface area (Å²) in [6, 6.07) is 27.3. The lowest BCUT2D eigenvalue weighted by molar-refractivity contribution is -0.114. The number of rotatable bonds is 9. The Kier molecular flexibility index (Phi) is 7.84. The highest BCUT2D eigenvalue weighted by molar-refractivity contribution is 7.98. The summed E-state index contributed by atoms with van der Waals surface area (Å²) in [4.78, 5) is 18.3. The molecule has 1 aromatic heterocycles. The van der Waals surface area contributed by atoms with E-state index in [-0.39, 0.29) is 11.4 Å². The van der Waals surface area contributed by atoms with Crippen molar-refractivity contribution in [2.24, 2.45) is 0 Å². The van der Waals surface area contributed by atoms with Crippen LogP contribution in [-0.2, 0) is 20.6 Å². The van der Waals surface area contributed by atoms with Gasteiger partial charge < -0.3 is 5.32 Å². The molecular weight excluding hydrogens is 478 g/mol. The van der Waals surface area contributed by atoms with Crippen molar-refractivity contribution in [1.82, 2.24) is 4.98 Å². The number of nitrogens with zero attached hydrogens (tertiary/aromatic N) is 2. The number of anilines is 2. The largest absolute Gasteiger partial charge is 0.324 e. The molecule has 0 saturated carbocycles. The number of benzene rings is 3. The molecule has 0 bridgehead atoms. The molecule has 35 heavy (non-hydrogen) atoms. The lowest BCUT2D eigenvalue weighted by Crippen LogP contribution is -2.38. The zero-order valence-corrected chi connectivity index (χ0v) is 20.8. The van der Waals surface area contributed by atoms with Crippen molar-refractivity contribution in [1.29, 1.82) is 0 Å². The summed E-state index contributed by atoms with van der Waals surface area (Å²) in [5.41, 5.74) is 3.00. The van der Waals surface area contributed by atoms with Crippen LogP contribution in [0.15, 0.2) is 113 Å². The predicted octanol–water partition coefficient (Wildman–Crippen LogP) is 5.52. The Bertz CT molecular complexity index is 1380. The summed E-state index contributed by atoms with van der Waals surface area (Å²) in [6.07, 6.45) is 2.98. The zero-order chi connectivity index (χ0) is 24.7. The first-order chi connectivity index (χ1) is 16.9. The number of thioether (sulfide) groups is 1. The maximum Gasteiger partial charge on any atom is 0.264 e. The summed E-state index contributed by atoms with van der Waals surface area (Å²) >= 11 is 1.74. The van der Waals surface area contributed by atoms with Crippen molar-refractivity contribution < 1.29 is 13.2 Å². The molecular formula is C27H25N3O3S2. The third-order valence-corrected chi connectivity index (χ3v) is 8.14. The fourth-order valence-electron chi connectivity index (χ4n) is 3.50. The van der Waals surface area contributed by atoms with E-state index in [0.717, 1.165) is 21.2 Å². The standard InChI is InChI=1S/C27H25N3O3S2/c1-21-17-22(20-34-24-10-4-2-5-11-24)14-15-26(21)29-27(31)19-30(23-9-8-16-28-18-23)35(32,33)25-12-6-3-7-13-25/h2-18H,19-20H2,1H3,(H,29,31). The van der Waals surface area contributed by atoms with Crippen LogP contribution < -0.4 is 9.62 Å². The van der Waals surface area contributed by atoms with E-state index in [0.29, 0.717) is 11.4 Å². The summed E-state index contributed by atoms with van der Waals surface area (Å²) in [5, 5.41) is 2.86. The second kappa shape index (κ2) is 11.2. The number of sulfonamides is 1. The fourth-order valence-corrected chi connectivity index (χ4v) is 5.79. The lowest BCUT2D eigenvalue weighted by Gasteiger charge is -2.24. The molecule has 8 heteroatoms. The molecule has 1 heterocycles. The molecule has 3 aromatic carbocycles. The molecule has 0 saturated heterocycles. The van der Waals surface area contributed by atoms with Crippen LogP contribution >= 0.6 is 11.8 Å². The van der Waals surface area contributed by atoms with Gasteiger partial charge in [-0.2, -0.15) is 0 Å². The number of carbonyl (C=O) groups is 1. The van der Waals surface area contributed by atoms with Gasteiger partial charge >= 0.3 is 0 Å². The molecule has 0 aliphatic rings. The second-order valence-electron chi connectivity index (χ2n) is 7.84. The van der Waals surface area contributed by atoms with Gasteiger partial charge in [-0.05, 0) is 60.5 Å². The molecule has 1 N–H and O–H groups in total. The van der Waals surface area contributed by atoms with Crippen molar-refractivity contribution in [2.45, 2.75) is 22.5 Å². The SMILES string of the molecule is Cc1cc(CSc2ccccc2)ccc1NC(=O)CN(c1cccnc1)S(=O)(=O)c1ccccc1. The van der Waals surface area contributed by atoms with E-state index in [9.17, 15) is 13.2 Å². The second-order valence-corrected chi connectivity index (χ2v) is 10.7. The highest BCUT2D eigenvalue weighted by Crippen LogP contribution is 2.26. The van der Waals surface area contributed by atoms with Gasteiger partial charge in [0.05, 0.1) is 16.8 Å². The minimum Gasteiger partial charge on any atom is -0.324 e. The van der Waals surface area contributed by atoms with Gasteiger partial charge in [0, 0.05) is 22.5 Å². The molecule has 4 rings (SSSR count). The van der Waals surface area contributed by atoms with E-state index < -0.39 is 15.9 Å². The molecule has 0 aliphatic carbocycles. The molecule has 1 amide bonds. The fraction of sp³-hybridized carbons (Fsp3) is 0.111. The van der Waals surface area contributed by atoms with Gasteiger partial charge in [0.25, 0.3) is 10.0 Å². The van der Waals surface area contributed by atoms with Crippen LogP contribution in [0.5, 0.6) is 0 Å². The Balaban J connectivity index is 1.49. The Hall–Kier alpha value is -3.62. The highest BCUT2D eigenvalue weighted by Gasteiger charge is 2.27. The maximum atomic E-state index is 13.3. The normalized spacial score (nSPS) is 11.1. The first-order valence-corrected chi connectivity index (χ1v) is 13.4. The minimum atomic E-state index is -3.96. The van der Waals surface area contributed by atoms with E-state index in [1.54, 1.807) is 48.3 Å². The Labute approximate surface area is 210 Å². The Morgan fingerprint density at radius 3 is 2.31 bits per heavy atom. The predicted molar refractivity (Wildman–Crippen MR) is 141 cm³/mol. The smallest absolute Gasteiger partial charge is 0.264 e. The molecule has 0 fully saturated rings. The van der Waals surface area contributed by atoms with Crippen molar-refractivity contribution in [3.8, 4) is 0 Å². The molecule has 6 nitrogen and oxygen atoms in total. The molecule has 0 atom stereocenters. The van der Waals surface area contributed by atoms with E-state index in [2.05, 4.69) is 22.4 Å². The van der Waals surface area contributed by atoms with Crippen LogP contribution in [0.2, 0.25) is 0 Å². The number of aromatic nitrogens is 1. The zero-order valence-electron chi connectivity index (χ0n) is 19.2. The molecule has 178 valence electrons. The number of pyridine rings is 1. The summed E-state index contributed by atoms with van der Waals surface area (Å²) in [6.45, 7) is 1.54.